The van der Waals surface area contributed by atoms with E-state index in [-0.39, 0.29) is 18.5 Å². The van der Waals surface area contributed by atoms with Crippen LogP contribution in [0, 0.1) is 11.3 Å². The van der Waals surface area contributed by atoms with Crippen LogP contribution < -0.4 is 4.90 Å². The smallest absolute Gasteiger partial charge is 0.241 e. The van der Waals surface area contributed by atoms with Crippen LogP contribution in [0.15, 0.2) is 65.1 Å². The average molecular weight is 361 g/mol. The molecule has 1 aromatic heterocycles. The van der Waals surface area contributed by atoms with Crippen LogP contribution in [0.3, 0.4) is 0 Å². The first-order chi connectivity index (χ1) is 13.1. The van der Waals surface area contributed by atoms with Crippen molar-refractivity contribution in [1.29, 1.82) is 5.26 Å². The first-order valence-electron chi connectivity index (χ1n) is 9.01. The van der Waals surface area contributed by atoms with Crippen molar-refractivity contribution in [2.24, 2.45) is 0 Å². The lowest BCUT2D eigenvalue weighted by molar-refractivity contribution is -0.119. The number of carbonyl (C=O) groups is 1. The summed E-state index contributed by atoms with van der Waals surface area (Å²) in [6, 6.07) is 21.4. The minimum atomic E-state index is -0.0464. The Morgan fingerprint density at radius 1 is 1.15 bits per heavy atom. The van der Waals surface area contributed by atoms with E-state index in [0.29, 0.717) is 13.0 Å². The van der Waals surface area contributed by atoms with Gasteiger partial charge in [-0.1, -0.05) is 36.4 Å². The number of nitriles is 1. The van der Waals surface area contributed by atoms with E-state index in [2.05, 4.69) is 6.07 Å². The van der Waals surface area contributed by atoms with Crippen LogP contribution in [0.1, 0.15) is 25.1 Å². The van der Waals surface area contributed by atoms with Gasteiger partial charge in [-0.3, -0.25) is 9.69 Å². The standard InChI is InChI=1S/C22H23N3O2/c1-17(21-15-18-9-6-7-12-20(18)27-21)24(2)16-22(26)25(14-8-13-23)19-10-4-3-5-11-19/h3-7,9-12,15,17H,8,14,16H2,1-2H3/t17-/m1/s1. The number of amides is 1. The maximum atomic E-state index is 12.9. The summed E-state index contributed by atoms with van der Waals surface area (Å²) in [7, 11) is 1.91. The van der Waals surface area contributed by atoms with E-state index in [1.165, 1.54) is 0 Å². The summed E-state index contributed by atoms with van der Waals surface area (Å²) in [5, 5.41) is 9.98. The Morgan fingerprint density at radius 2 is 1.85 bits per heavy atom. The Kier molecular flexibility index (Phi) is 5.90. The number of nitrogens with zero attached hydrogens (tertiary/aromatic N) is 3. The molecule has 0 unspecified atom stereocenters. The molecular weight excluding hydrogens is 338 g/mol. The van der Waals surface area contributed by atoms with Crippen molar-refractivity contribution in [3.05, 3.63) is 66.4 Å². The second kappa shape index (κ2) is 8.52. The Morgan fingerprint density at radius 3 is 2.56 bits per heavy atom. The largest absolute Gasteiger partial charge is 0.459 e. The fourth-order valence-corrected chi connectivity index (χ4v) is 3.03. The minimum Gasteiger partial charge on any atom is -0.459 e. The summed E-state index contributed by atoms with van der Waals surface area (Å²) in [6.07, 6.45) is 0.295. The van der Waals surface area contributed by atoms with Gasteiger partial charge in [0.15, 0.2) is 0 Å². The molecule has 0 saturated heterocycles. The number of para-hydroxylation sites is 2. The highest BCUT2D eigenvalue weighted by Crippen LogP contribution is 2.26. The third-order valence-electron chi connectivity index (χ3n) is 4.72. The molecule has 1 atom stereocenters. The Balaban J connectivity index is 1.73. The SMILES string of the molecule is C[C@H](c1cc2ccccc2o1)N(C)CC(=O)N(CCC#N)c1ccccc1. The second-order valence-corrected chi connectivity index (χ2v) is 6.57. The zero-order valence-corrected chi connectivity index (χ0v) is 15.6. The molecule has 2 aromatic carbocycles. The van der Waals surface area contributed by atoms with Crippen LogP contribution in [-0.4, -0.2) is 30.9 Å². The molecule has 138 valence electrons. The number of likely N-dealkylation sites (N-methyl/N-ethyl adjacent to an activating group) is 1. The molecule has 3 rings (SSSR count). The van der Waals surface area contributed by atoms with Crippen molar-refractivity contribution in [2.45, 2.75) is 19.4 Å². The van der Waals surface area contributed by atoms with Crippen molar-refractivity contribution in [2.75, 3.05) is 25.0 Å². The van der Waals surface area contributed by atoms with Crippen molar-refractivity contribution >= 4 is 22.6 Å². The molecule has 0 saturated carbocycles. The number of anilines is 1. The number of hydrogen-bond donors (Lipinski definition) is 0. The molecular formula is C22H23N3O2. The van der Waals surface area contributed by atoms with Gasteiger partial charge in [0.1, 0.15) is 11.3 Å². The zero-order chi connectivity index (χ0) is 19.2. The molecule has 0 fully saturated rings. The number of carbonyl (C=O) groups excluding carboxylic acids is 1. The van der Waals surface area contributed by atoms with Gasteiger partial charge in [-0.25, -0.2) is 0 Å². The summed E-state index contributed by atoms with van der Waals surface area (Å²) in [5.41, 5.74) is 1.65. The third kappa shape index (κ3) is 4.36. The molecule has 0 aliphatic carbocycles. The molecule has 0 bridgehead atoms. The predicted molar refractivity (Wildman–Crippen MR) is 106 cm³/mol. The highest BCUT2D eigenvalue weighted by Gasteiger charge is 2.22. The zero-order valence-electron chi connectivity index (χ0n) is 15.6. The summed E-state index contributed by atoms with van der Waals surface area (Å²) in [4.78, 5) is 16.5. The molecule has 1 heterocycles. The summed E-state index contributed by atoms with van der Waals surface area (Å²) in [5.74, 6) is 0.789. The summed E-state index contributed by atoms with van der Waals surface area (Å²) >= 11 is 0. The van der Waals surface area contributed by atoms with E-state index in [1.807, 2.05) is 79.5 Å². The highest BCUT2D eigenvalue weighted by atomic mass is 16.3. The van der Waals surface area contributed by atoms with Gasteiger partial charge in [-0.05, 0) is 38.2 Å². The van der Waals surface area contributed by atoms with Crippen LogP contribution in [0.25, 0.3) is 11.0 Å². The van der Waals surface area contributed by atoms with Gasteiger partial charge in [0.2, 0.25) is 5.91 Å². The van der Waals surface area contributed by atoms with Crippen LogP contribution in [-0.2, 0) is 4.79 Å². The maximum Gasteiger partial charge on any atom is 0.241 e. The number of benzene rings is 2. The van der Waals surface area contributed by atoms with E-state index in [0.717, 1.165) is 22.4 Å². The number of furan rings is 1. The summed E-state index contributed by atoms with van der Waals surface area (Å²) < 4.78 is 5.93. The van der Waals surface area contributed by atoms with Gasteiger partial charge in [0, 0.05) is 17.6 Å². The number of hydrogen-bond acceptors (Lipinski definition) is 4. The minimum absolute atomic E-state index is 0.0399. The fraction of sp³-hybridized carbons (Fsp3) is 0.273. The van der Waals surface area contributed by atoms with Crippen LogP contribution in [0.2, 0.25) is 0 Å². The van der Waals surface area contributed by atoms with Crippen molar-refractivity contribution in [3.63, 3.8) is 0 Å². The fourth-order valence-electron chi connectivity index (χ4n) is 3.03. The monoisotopic (exact) mass is 361 g/mol. The molecule has 3 aromatic rings. The normalized spacial score (nSPS) is 12.1. The Labute approximate surface area is 159 Å². The van der Waals surface area contributed by atoms with Crippen LogP contribution in [0.5, 0.6) is 0 Å². The van der Waals surface area contributed by atoms with Gasteiger partial charge in [0.25, 0.3) is 0 Å². The molecule has 1 amide bonds. The topological polar surface area (TPSA) is 60.5 Å². The molecule has 5 heteroatoms. The third-order valence-corrected chi connectivity index (χ3v) is 4.72. The van der Waals surface area contributed by atoms with Crippen molar-refractivity contribution in [3.8, 4) is 6.07 Å². The van der Waals surface area contributed by atoms with Gasteiger partial charge >= 0.3 is 0 Å². The molecule has 0 spiro atoms. The van der Waals surface area contributed by atoms with E-state index >= 15 is 0 Å². The van der Waals surface area contributed by atoms with E-state index in [9.17, 15) is 4.79 Å². The highest BCUT2D eigenvalue weighted by molar-refractivity contribution is 5.94. The summed E-state index contributed by atoms with van der Waals surface area (Å²) in [6.45, 7) is 2.64. The van der Waals surface area contributed by atoms with Gasteiger partial charge in [-0.15, -0.1) is 0 Å². The first-order valence-corrected chi connectivity index (χ1v) is 9.01. The van der Waals surface area contributed by atoms with Gasteiger partial charge in [-0.2, -0.15) is 5.26 Å². The average Bonchev–Trinajstić information content (AvgIpc) is 3.12. The van der Waals surface area contributed by atoms with Gasteiger partial charge in [0.05, 0.1) is 25.1 Å². The molecule has 5 nitrogen and oxygen atoms in total. The van der Waals surface area contributed by atoms with Crippen LogP contribution in [0.4, 0.5) is 5.69 Å². The number of fused-ring (bicyclic) bond motifs is 1. The molecule has 0 radical (unpaired) electrons. The van der Waals surface area contributed by atoms with Crippen molar-refractivity contribution < 1.29 is 9.21 Å². The van der Waals surface area contributed by atoms with Crippen molar-refractivity contribution in [1.82, 2.24) is 4.90 Å². The Hall–Kier alpha value is -3.10. The molecule has 0 aliphatic rings. The lowest BCUT2D eigenvalue weighted by atomic mass is 10.2. The Bertz CT molecular complexity index is 910. The van der Waals surface area contributed by atoms with Crippen LogP contribution >= 0.6 is 0 Å². The maximum absolute atomic E-state index is 12.9. The second-order valence-electron chi connectivity index (χ2n) is 6.57. The molecule has 27 heavy (non-hydrogen) atoms. The predicted octanol–water partition coefficient (Wildman–Crippen LogP) is 4.37. The number of rotatable bonds is 7. The van der Waals surface area contributed by atoms with E-state index < -0.39 is 0 Å². The van der Waals surface area contributed by atoms with E-state index in [1.54, 1.807) is 4.90 Å². The van der Waals surface area contributed by atoms with E-state index in [4.69, 9.17) is 9.68 Å². The molecule has 0 aliphatic heterocycles. The first kappa shape index (κ1) is 18.7. The van der Waals surface area contributed by atoms with Gasteiger partial charge < -0.3 is 9.32 Å². The molecule has 0 N–H and O–H groups in total. The lowest BCUT2D eigenvalue weighted by Gasteiger charge is -2.27. The lowest BCUT2D eigenvalue weighted by Crippen LogP contribution is -2.40. The quantitative estimate of drug-likeness (QED) is 0.627.